The first-order chi connectivity index (χ1) is 19.8. The Bertz CT molecular complexity index is 1370. The third-order valence-corrected chi connectivity index (χ3v) is 11.1. The molecule has 8 heteroatoms. The van der Waals surface area contributed by atoms with E-state index in [1.54, 1.807) is 6.92 Å². The van der Waals surface area contributed by atoms with Gasteiger partial charge in [-0.25, -0.2) is 8.42 Å². The van der Waals surface area contributed by atoms with Crippen LogP contribution >= 0.6 is 0 Å². The monoisotopic (exact) mass is 593 g/mol. The van der Waals surface area contributed by atoms with Gasteiger partial charge in [0.15, 0.2) is 0 Å². The highest BCUT2D eigenvalue weighted by atomic mass is 32.2. The van der Waals surface area contributed by atoms with Crippen molar-refractivity contribution in [3.05, 3.63) is 65.2 Å². The van der Waals surface area contributed by atoms with Crippen LogP contribution in [0.1, 0.15) is 76.0 Å². The summed E-state index contributed by atoms with van der Waals surface area (Å²) < 4.78 is 27.3. The van der Waals surface area contributed by atoms with Crippen LogP contribution in [0.15, 0.2) is 48.5 Å². The van der Waals surface area contributed by atoms with Crippen molar-refractivity contribution in [2.24, 2.45) is 23.7 Å². The molecule has 0 aliphatic heterocycles. The van der Waals surface area contributed by atoms with Crippen LogP contribution in [0.5, 0.6) is 0 Å². The van der Waals surface area contributed by atoms with Gasteiger partial charge in [0.1, 0.15) is 12.6 Å². The molecule has 4 fully saturated rings. The van der Waals surface area contributed by atoms with Gasteiger partial charge in [-0.05, 0) is 110 Å². The number of hydrogen-bond acceptors (Lipinski definition) is 4. The first-order valence-electron chi connectivity index (χ1n) is 15.5. The van der Waals surface area contributed by atoms with Crippen LogP contribution in [-0.4, -0.2) is 50.5 Å². The number of benzene rings is 2. The fourth-order valence-electron chi connectivity index (χ4n) is 8.07. The van der Waals surface area contributed by atoms with Gasteiger partial charge >= 0.3 is 0 Å². The first kappa shape index (κ1) is 30.6. The van der Waals surface area contributed by atoms with Crippen LogP contribution in [0.3, 0.4) is 0 Å². The maximum atomic E-state index is 13.9. The molecule has 0 radical (unpaired) electrons. The van der Waals surface area contributed by atoms with E-state index < -0.39 is 22.0 Å². The zero-order valence-electron chi connectivity index (χ0n) is 25.8. The molecule has 4 bridgehead atoms. The van der Waals surface area contributed by atoms with E-state index >= 15 is 0 Å². The van der Waals surface area contributed by atoms with Crippen molar-refractivity contribution in [3.8, 4) is 0 Å². The predicted octanol–water partition coefficient (Wildman–Crippen LogP) is 5.42. The largest absolute Gasteiger partial charge is 0.354 e. The summed E-state index contributed by atoms with van der Waals surface area (Å²) in [6, 6.07) is 14.9. The molecule has 0 aromatic heterocycles. The second-order valence-corrected chi connectivity index (χ2v) is 15.7. The molecule has 4 saturated carbocycles. The second kappa shape index (κ2) is 12.0. The molecule has 1 N–H and O–H groups in total. The van der Waals surface area contributed by atoms with Crippen LogP contribution < -0.4 is 9.62 Å². The number of carbonyl (C=O) groups excluding carboxylic acids is 2. The number of carbonyl (C=O) groups is 2. The van der Waals surface area contributed by atoms with E-state index in [1.165, 1.54) is 53.3 Å². The molecular weight excluding hydrogens is 546 g/mol. The Kier molecular flexibility index (Phi) is 8.75. The Balaban J connectivity index is 1.38. The lowest BCUT2D eigenvalue weighted by Crippen LogP contribution is -2.51. The Morgan fingerprint density at radius 3 is 2.02 bits per heavy atom. The SMILES string of the molecule is Cc1ccccc1CN(C(=O)CN(c1ccc(C23CC4CC(CC(C4)C2)C3)cc1)S(C)(=O)=O)[C@H](C)C(=O)NCC(C)C. The molecule has 4 aliphatic rings. The van der Waals surface area contributed by atoms with E-state index in [0.29, 0.717) is 12.2 Å². The molecule has 6 rings (SSSR count). The van der Waals surface area contributed by atoms with Crippen molar-refractivity contribution in [1.29, 1.82) is 0 Å². The normalized spacial score (nSPS) is 25.3. The number of rotatable bonds is 11. The molecule has 2 amide bonds. The molecule has 0 heterocycles. The molecule has 228 valence electrons. The fraction of sp³-hybridized carbons (Fsp3) is 0.588. The summed E-state index contributed by atoms with van der Waals surface area (Å²) in [5, 5.41) is 2.93. The molecule has 4 aliphatic carbocycles. The van der Waals surface area contributed by atoms with Gasteiger partial charge in [0, 0.05) is 13.1 Å². The Hall–Kier alpha value is -2.87. The van der Waals surface area contributed by atoms with Crippen molar-refractivity contribution in [2.45, 2.75) is 84.2 Å². The van der Waals surface area contributed by atoms with Crippen molar-refractivity contribution in [2.75, 3.05) is 23.7 Å². The minimum Gasteiger partial charge on any atom is -0.354 e. The molecule has 0 unspecified atom stereocenters. The third-order valence-electron chi connectivity index (χ3n) is 9.94. The lowest BCUT2D eigenvalue weighted by atomic mass is 9.48. The quantitative estimate of drug-likeness (QED) is 0.377. The smallest absolute Gasteiger partial charge is 0.244 e. The van der Waals surface area contributed by atoms with Crippen LogP contribution in [0.4, 0.5) is 5.69 Å². The summed E-state index contributed by atoms with van der Waals surface area (Å²) in [7, 11) is -3.77. The van der Waals surface area contributed by atoms with E-state index in [4.69, 9.17) is 0 Å². The first-order valence-corrected chi connectivity index (χ1v) is 17.4. The number of aryl methyl sites for hydroxylation is 1. The maximum Gasteiger partial charge on any atom is 0.244 e. The molecule has 0 saturated heterocycles. The van der Waals surface area contributed by atoms with Gasteiger partial charge in [0.2, 0.25) is 21.8 Å². The maximum absolute atomic E-state index is 13.9. The summed E-state index contributed by atoms with van der Waals surface area (Å²) in [5.41, 5.74) is 3.92. The minimum absolute atomic E-state index is 0.210. The van der Waals surface area contributed by atoms with E-state index in [0.717, 1.165) is 35.1 Å². The molecule has 2 aromatic rings. The summed E-state index contributed by atoms with van der Waals surface area (Å²) in [6.07, 6.45) is 8.94. The molecule has 42 heavy (non-hydrogen) atoms. The Labute approximate surface area is 252 Å². The zero-order chi connectivity index (χ0) is 30.2. The summed E-state index contributed by atoms with van der Waals surface area (Å²) in [4.78, 5) is 28.5. The van der Waals surface area contributed by atoms with Gasteiger partial charge in [-0.1, -0.05) is 50.2 Å². The van der Waals surface area contributed by atoms with Crippen molar-refractivity contribution in [1.82, 2.24) is 10.2 Å². The summed E-state index contributed by atoms with van der Waals surface area (Å²) in [5.74, 6) is 2.06. The lowest BCUT2D eigenvalue weighted by Gasteiger charge is -2.57. The highest BCUT2D eigenvalue weighted by molar-refractivity contribution is 7.92. The van der Waals surface area contributed by atoms with Crippen LogP contribution in [0.25, 0.3) is 0 Å². The number of hydrogen-bond donors (Lipinski definition) is 1. The van der Waals surface area contributed by atoms with Crippen molar-refractivity contribution < 1.29 is 18.0 Å². The van der Waals surface area contributed by atoms with Gasteiger partial charge < -0.3 is 10.2 Å². The molecule has 7 nitrogen and oxygen atoms in total. The number of nitrogens with zero attached hydrogens (tertiary/aromatic N) is 2. The second-order valence-electron chi connectivity index (χ2n) is 13.8. The Morgan fingerprint density at radius 2 is 1.50 bits per heavy atom. The zero-order valence-corrected chi connectivity index (χ0v) is 26.6. The highest BCUT2D eigenvalue weighted by Crippen LogP contribution is 2.60. The Morgan fingerprint density at radius 1 is 0.929 bits per heavy atom. The fourth-order valence-corrected chi connectivity index (χ4v) is 8.91. The molecule has 2 aromatic carbocycles. The predicted molar refractivity (Wildman–Crippen MR) is 168 cm³/mol. The van der Waals surface area contributed by atoms with E-state index in [1.807, 2.05) is 57.2 Å². The van der Waals surface area contributed by atoms with Gasteiger partial charge in [-0.3, -0.25) is 13.9 Å². The molecular formula is C34H47N3O4S. The van der Waals surface area contributed by atoms with Crippen molar-refractivity contribution in [3.63, 3.8) is 0 Å². The topological polar surface area (TPSA) is 86.8 Å². The standard InChI is InChI=1S/C34H47N3O4S/c1-23(2)20-35-33(39)25(4)36(21-29-9-7-6-8-24(29)3)32(38)22-37(42(5,40)41)31-12-10-30(11-13-31)34-17-26-14-27(18-34)16-28(15-26)19-34/h6-13,23,25-28H,14-22H2,1-5H3,(H,35,39)/t25-,26?,27?,28?,34?/m1/s1. The van der Waals surface area contributed by atoms with Gasteiger partial charge in [0.25, 0.3) is 0 Å². The van der Waals surface area contributed by atoms with Gasteiger partial charge in [-0.15, -0.1) is 0 Å². The van der Waals surface area contributed by atoms with E-state index in [2.05, 4.69) is 17.4 Å². The summed E-state index contributed by atoms with van der Waals surface area (Å²) >= 11 is 0. The average Bonchev–Trinajstić information content (AvgIpc) is 2.92. The van der Waals surface area contributed by atoms with Gasteiger partial charge in [0.05, 0.1) is 11.9 Å². The van der Waals surface area contributed by atoms with E-state index in [9.17, 15) is 18.0 Å². The number of sulfonamides is 1. The average molecular weight is 594 g/mol. The van der Waals surface area contributed by atoms with Crippen molar-refractivity contribution >= 4 is 27.5 Å². The molecule has 1 atom stereocenters. The van der Waals surface area contributed by atoms with Crippen LogP contribution in [0, 0.1) is 30.6 Å². The summed E-state index contributed by atoms with van der Waals surface area (Å²) in [6.45, 7) is 8.04. The number of amides is 2. The third kappa shape index (κ3) is 6.53. The lowest BCUT2D eigenvalue weighted by molar-refractivity contribution is -0.139. The van der Waals surface area contributed by atoms with E-state index in [-0.39, 0.29) is 30.3 Å². The number of anilines is 1. The highest BCUT2D eigenvalue weighted by Gasteiger charge is 2.51. The van der Waals surface area contributed by atoms with Gasteiger partial charge in [-0.2, -0.15) is 0 Å². The van der Waals surface area contributed by atoms with Crippen LogP contribution in [0.2, 0.25) is 0 Å². The molecule has 0 spiro atoms. The minimum atomic E-state index is -3.77. The van der Waals surface area contributed by atoms with Crippen LogP contribution in [-0.2, 0) is 31.6 Å². The number of nitrogens with one attached hydrogen (secondary N) is 1.